The monoisotopic (exact) mass is 412 g/mol. The number of nitrogens with one attached hydrogen (secondary N) is 2. The minimum atomic E-state index is -0.591. The van der Waals surface area contributed by atoms with Crippen molar-refractivity contribution in [1.82, 2.24) is 20.4 Å². The molecule has 162 valence electrons. The molecule has 30 heavy (non-hydrogen) atoms. The molecule has 2 N–H and O–H groups in total. The van der Waals surface area contributed by atoms with Crippen LogP contribution in [0.4, 0.5) is 4.79 Å². The number of carbonyl (C=O) groups is 3. The summed E-state index contributed by atoms with van der Waals surface area (Å²) in [5.74, 6) is -0.0696. The molecule has 3 rings (SSSR count). The van der Waals surface area contributed by atoms with Gasteiger partial charge in [0.15, 0.2) is 0 Å². The molecule has 0 saturated heterocycles. The van der Waals surface area contributed by atoms with E-state index < -0.39 is 12.1 Å². The Morgan fingerprint density at radius 2 is 1.83 bits per heavy atom. The van der Waals surface area contributed by atoms with E-state index in [-0.39, 0.29) is 30.3 Å². The van der Waals surface area contributed by atoms with E-state index >= 15 is 0 Å². The van der Waals surface area contributed by atoms with Crippen LogP contribution in [-0.2, 0) is 9.59 Å². The third kappa shape index (κ3) is 4.06. The zero-order valence-corrected chi connectivity index (χ0v) is 18.4. The molecule has 0 radical (unpaired) electrons. The van der Waals surface area contributed by atoms with Gasteiger partial charge in [0, 0.05) is 13.1 Å². The van der Waals surface area contributed by atoms with Crippen LogP contribution in [0.15, 0.2) is 41.6 Å². The third-order valence-electron chi connectivity index (χ3n) is 5.62. The minimum absolute atomic E-state index is 0.0589. The molecule has 2 aliphatic rings. The Hall–Kier alpha value is -2.83. The van der Waals surface area contributed by atoms with Gasteiger partial charge >= 0.3 is 6.03 Å². The van der Waals surface area contributed by atoms with Crippen LogP contribution in [0, 0.1) is 11.8 Å². The van der Waals surface area contributed by atoms with Crippen LogP contribution in [0.5, 0.6) is 0 Å². The highest BCUT2D eigenvalue weighted by Crippen LogP contribution is 2.37. The summed E-state index contributed by atoms with van der Waals surface area (Å²) in [7, 11) is 0. The maximum Gasteiger partial charge on any atom is 0.322 e. The molecule has 4 amide bonds. The van der Waals surface area contributed by atoms with Gasteiger partial charge in [-0.1, -0.05) is 58.0 Å². The van der Waals surface area contributed by atoms with Gasteiger partial charge in [0.05, 0.1) is 23.9 Å². The number of carbonyl (C=O) groups excluding carboxylic acids is 3. The molecule has 7 heteroatoms. The quantitative estimate of drug-likeness (QED) is 0.722. The molecule has 7 nitrogen and oxygen atoms in total. The average Bonchev–Trinajstić information content (AvgIpc) is 3.03. The Bertz CT molecular complexity index is 847. The van der Waals surface area contributed by atoms with Crippen LogP contribution < -0.4 is 10.6 Å². The van der Waals surface area contributed by atoms with Crippen molar-refractivity contribution < 1.29 is 14.4 Å². The summed E-state index contributed by atoms with van der Waals surface area (Å²) in [4.78, 5) is 42.6. The van der Waals surface area contributed by atoms with Crippen LogP contribution >= 0.6 is 0 Å². The molecule has 0 aromatic heterocycles. The lowest BCUT2D eigenvalue weighted by Crippen LogP contribution is -2.52. The Labute approximate surface area is 178 Å². The van der Waals surface area contributed by atoms with E-state index in [2.05, 4.69) is 10.6 Å². The molecular formula is C23H32N4O3. The molecule has 2 heterocycles. The maximum absolute atomic E-state index is 13.6. The maximum atomic E-state index is 13.6. The molecule has 1 aromatic rings. The summed E-state index contributed by atoms with van der Waals surface area (Å²) < 4.78 is 0. The van der Waals surface area contributed by atoms with Crippen molar-refractivity contribution in [3.63, 3.8) is 0 Å². The highest BCUT2D eigenvalue weighted by molar-refractivity contribution is 6.03. The molecule has 0 aliphatic carbocycles. The average molecular weight is 413 g/mol. The third-order valence-corrected chi connectivity index (χ3v) is 5.62. The fraction of sp³-hybridized carbons (Fsp3) is 0.522. The van der Waals surface area contributed by atoms with Crippen LogP contribution in [-0.4, -0.2) is 53.3 Å². The number of hydrogen-bond acceptors (Lipinski definition) is 3. The Morgan fingerprint density at radius 3 is 2.40 bits per heavy atom. The van der Waals surface area contributed by atoms with Crippen molar-refractivity contribution in [2.75, 3.05) is 19.6 Å². The van der Waals surface area contributed by atoms with Crippen molar-refractivity contribution in [3.8, 4) is 0 Å². The molecule has 0 fully saturated rings. The molecule has 0 spiro atoms. The van der Waals surface area contributed by atoms with E-state index in [1.807, 2.05) is 65.0 Å². The van der Waals surface area contributed by atoms with Gasteiger partial charge in [-0.2, -0.15) is 0 Å². The van der Waals surface area contributed by atoms with E-state index in [4.69, 9.17) is 0 Å². The van der Waals surface area contributed by atoms with Crippen LogP contribution in [0.1, 0.15) is 46.2 Å². The molecule has 2 aliphatic heterocycles. The van der Waals surface area contributed by atoms with Crippen LogP contribution in [0.3, 0.4) is 0 Å². The fourth-order valence-electron chi connectivity index (χ4n) is 4.18. The zero-order valence-electron chi connectivity index (χ0n) is 18.4. The number of rotatable bonds is 7. The number of hydrogen-bond donors (Lipinski definition) is 2. The molecule has 0 bridgehead atoms. The molecule has 1 aromatic carbocycles. The predicted octanol–water partition coefficient (Wildman–Crippen LogP) is 2.67. The zero-order chi connectivity index (χ0) is 22.0. The SMILES string of the molecule is CCN1C(=O)NC(c2ccccc2)C2=C1CN(C(C(=O)NCC(C)C)C(C)C)C2=O. The van der Waals surface area contributed by atoms with Gasteiger partial charge in [-0.05, 0) is 24.3 Å². The predicted molar refractivity (Wildman–Crippen MR) is 115 cm³/mol. The fourth-order valence-corrected chi connectivity index (χ4v) is 4.18. The summed E-state index contributed by atoms with van der Waals surface area (Å²) in [6.07, 6.45) is 0. The second kappa shape index (κ2) is 8.90. The van der Waals surface area contributed by atoms with E-state index in [0.29, 0.717) is 30.3 Å². The molecule has 0 saturated carbocycles. The van der Waals surface area contributed by atoms with Gasteiger partial charge in [0.25, 0.3) is 5.91 Å². The van der Waals surface area contributed by atoms with Gasteiger partial charge in [0.2, 0.25) is 5.91 Å². The second-order valence-electron chi connectivity index (χ2n) is 8.66. The van der Waals surface area contributed by atoms with Gasteiger partial charge < -0.3 is 15.5 Å². The molecular weight excluding hydrogens is 380 g/mol. The number of amides is 4. The normalized spacial score (nSPS) is 20.0. The van der Waals surface area contributed by atoms with Crippen molar-refractivity contribution in [2.24, 2.45) is 11.8 Å². The largest absolute Gasteiger partial charge is 0.354 e. The summed E-state index contributed by atoms with van der Waals surface area (Å²) in [6, 6.07) is 8.17. The molecule has 2 atom stereocenters. The first kappa shape index (κ1) is 21.9. The van der Waals surface area contributed by atoms with E-state index in [1.165, 1.54) is 0 Å². The van der Waals surface area contributed by atoms with Crippen molar-refractivity contribution in [1.29, 1.82) is 0 Å². The lowest BCUT2D eigenvalue weighted by molar-refractivity contribution is -0.138. The van der Waals surface area contributed by atoms with E-state index in [1.54, 1.807) is 9.80 Å². The summed E-state index contributed by atoms with van der Waals surface area (Å²) >= 11 is 0. The summed E-state index contributed by atoms with van der Waals surface area (Å²) in [5, 5.41) is 5.95. The van der Waals surface area contributed by atoms with Gasteiger partial charge in [-0.3, -0.25) is 14.5 Å². The smallest absolute Gasteiger partial charge is 0.322 e. The highest BCUT2D eigenvalue weighted by Gasteiger charge is 2.47. The number of benzene rings is 1. The summed E-state index contributed by atoms with van der Waals surface area (Å²) in [5.41, 5.74) is 2.11. The Balaban J connectivity index is 1.96. The lowest BCUT2D eigenvalue weighted by Gasteiger charge is -2.33. The number of nitrogens with zero attached hydrogens (tertiary/aromatic N) is 2. The minimum Gasteiger partial charge on any atom is -0.354 e. The number of likely N-dealkylation sites (N-methyl/N-ethyl adjacent to an activating group) is 1. The van der Waals surface area contributed by atoms with E-state index in [0.717, 1.165) is 5.56 Å². The summed E-state index contributed by atoms with van der Waals surface area (Å²) in [6.45, 7) is 11.1. The second-order valence-corrected chi connectivity index (χ2v) is 8.66. The van der Waals surface area contributed by atoms with Gasteiger partial charge in [0.1, 0.15) is 6.04 Å². The van der Waals surface area contributed by atoms with E-state index in [9.17, 15) is 14.4 Å². The van der Waals surface area contributed by atoms with Crippen molar-refractivity contribution in [3.05, 3.63) is 47.2 Å². The highest BCUT2D eigenvalue weighted by atomic mass is 16.2. The van der Waals surface area contributed by atoms with Crippen LogP contribution in [0.2, 0.25) is 0 Å². The van der Waals surface area contributed by atoms with Crippen LogP contribution in [0.25, 0.3) is 0 Å². The first-order valence-corrected chi connectivity index (χ1v) is 10.7. The van der Waals surface area contributed by atoms with Crippen molar-refractivity contribution >= 4 is 17.8 Å². The first-order chi connectivity index (χ1) is 14.3. The van der Waals surface area contributed by atoms with Gasteiger partial charge in [-0.15, -0.1) is 0 Å². The number of urea groups is 1. The molecule has 2 unspecified atom stereocenters. The lowest BCUT2D eigenvalue weighted by atomic mass is 9.95. The first-order valence-electron chi connectivity index (χ1n) is 10.7. The van der Waals surface area contributed by atoms with Crippen molar-refractivity contribution in [2.45, 2.75) is 46.7 Å². The standard InChI is InChI=1S/C23H32N4O3/c1-6-26-17-13-27(20(15(4)5)21(28)24-12-14(2)3)22(29)18(17)19(25-23(26)30)16-10-8-7-9-11-16/h7-11,14-15,19-20H,6,12-13H2,1-5H3,(H,24,28)(H,25,30). The Morgan fingerprint density at radius 1 is 1.17 bits per heavy atom. The Kier molecular flexibility index (Phi) is 6.48. The van der Waals surface area contributed by atoms with Gasteiger partial charge in [-0.25, -0.2) is 4.79 Å². The topological polar surface area (TPSA) is 81.8 Å².